The molecule has 0 radical (unpaired) electrons. The van der Waals surface area contributed by atoms with Gasteiger partial charge in [-0.3, -0.25) is 20.4 Å². The Hall–Kier alpha value is -2.82. The normalized spacial score (nSPS) is 11.0. The van der Waals surface area contributed by atoms with Gasteiger partial charge in [0.2, 0.25) is 5.91 Å². The molecule has 0 aliphatic carbocycles. The number of carbonyl (C=O) groups excluding carboxylic acids is 2. The lowest BCUT2D eigenvalue weighted by Crippen LogP contribution is -2.47. The highest BCUT2D eigenvalue weighted by Gasteiger charge is 2.27. The Morgan fingerprint density at radius 3 is 2.39 bits per heavy atom. The van der Waals surface area contributed by atoms with Crippen LogP contribution in [-0.4, -0.2) is 18.4 Å². The molecule has 2 aromatic carbocycles. The number of carbonyl (C=O) groups is 2. The predicted molar refractivity (Wildman–Crippen MR) is 111 cm³/mol. The summed E-state index contributed by atoms with van der Waals surface area (Å²) in [6.45, 7) is 10.2. The lowest BCUT2D eigenvalue weighted by atomic mass is 9.87. The van der Waals surface area contributed by atoms with Gasteiger partial charge in [-0.25, -0.2) is 0 Å². The summed E-state index contributed by atoms with van der Waals surface area (Å²) in [5.74, 6) is 0.332. The van der Waals surface area contributed by atoms with Crippen molar-refractivity contribution >= 4 is 11.8 Å². The van der Waals surface area contributed by atoms with E-state index in [0.717, 1.165) is 28.9 Å². The molecule has 0 aliphatic rings. The minimum atomic E-state index is -0.620. The van der Waals surface area contributed by atoms with Crippen LogP contribution < -0.4 is 15.6 Å². The van der Waals surface area contributed by atoms with Gasteiger partial charge < -0.3 is 4.74 Å². The van der Waals surface area contributed by atoms with E-state index in [2.05, 4.69) is 16.9 Å². The molecule has 0 atom stereocenters. The zero-order valence-electron chi connectivity index (χ0n) is 17.4. The second kappa shape index (κ2) is 9.40. The van der Waals surface area contributed by atoms with Crippen LogP contribution in [0.4, 0.5) is 0 Å². The molecule has 28 heavy (non-hydrogen) atoms. The molecular weight excluding hydrogens is 352 g/mol. The maximum absolute atomic E-state index is 12.5. The van der Waals surface area contributed by atoms with Crippen molar-refractivity contribution in [3.05, 3.63) is 64.7 Å². The third kappa shape index (κ3) is 6.12. The third-order valence-electron chi connectivity index (χ3n) is 4.73. The maximum atomic E-state index is 12.5. The van der Waals surface area contributed by atoms with Crippen LogP contribution in [0.5, 0.6) is 5.75 Å². The zero-order valence-corrected chi connectivity index (χ0v) is 17.4. The number of aryl methyl sites for hydroxylation is 3. The zero-order chi connectivity index (χ0) is 20.7. The van der Waals surface area contributed by atoms with Gasteiger partial charge >= 0.3 is 0 Å². The summed E-state index contributed by atoms with van der Waals surface area (Å²) in [5, 5.41) is 0. The second-order valence-electron chi connectivity index (χ2n) is 7.88. The van der Waals surface area contributed by atoms with Gasteiger partial charge in [0.1, 0.15) is 5.75 Å². The summed E-state index contributed by atoms with van der Waals surface area (Å²) in [6.07, 6.45) is 1.38. The first-order chi connectivity index (χ1) is 13.2. The van der Waals surface area contributed by atoms with Gasteiger partial charge in [0, 0.05) is 11.0 Å². The van der Waals surface area contributed by atoms with Crippen LogP contribution in [-0.2, 0) is 4.79 Å². The standard InChI is InChI=1S/C23H30N2O3/c1-16-8-6-9-19(14-16)21(26)24-25-22(27)23(4,5)12-7-13-28-20-15-17(2)10-11-18(20)3/h6,8-11,14-15H,7,12-13H2,1-5H3,(H,24,26)(H,25,27). The average Bonchev–Trinajstić information content (AvgIpc) is 2.65. The van der Waals surface area contributed by atoms with Crippen molar-refractivity contribution in [3.63, 3.8) is 0 Å². The minimum absolute atomic E-state index is 0.222. The molecule has 0 aliphatic heterocycles. The number of hydrogen-bond donors (Lipinski definition) is 2. The average molecular weight is 383 g/mol. The van der Waals surface area contributed by atoms with Crippen LogP contribution in [0.1, 0.15) is 53.7 Å². The first kappa shape index (κ1) is 21.5. The van der Waals surface area contributed by atoms with Crippen LogP contribution >= 0.6 is 0 Å². The molecule has 2 aromatic rings. The van der Waals surface area contributed by atoms with E-state index in [0.29, 0.717) is 18.6 Å². The van der Waals surface area contributed by atoms with E-state index < -0.39 is 5.41 Å². The van der Waals surface area contributed by atoms with E-state index in [1.54, 1.807) is 12.1 Å². The lowest BCUT2D eigenvalue weighted by Gasteiger charge is -2.23. The number of amides is 2. The van der Waals surface area contributed by atoms with Gasteiger partial charge in [0.05, 0.1) is 6.61 Å². The topological polar surface area (TPSA) is 67.4 Å². The van der Waals surface area contributed by atoms with E-state index in [4.69, 9.17) is 4.74 Å². The molecular formula is C23H30N2O3. The van der Waals surface area contributed by atoms with Crippen LogP contribution in [0.25, 0.3) is 0 Å². The van der Waals surface area contributed by atoms with Crippen molar-refractivity contribution < 1.29 is 14.3 Å². The predicted octanol–water partition coefficient (Wildman–Crippen LogP) is 4.26. The number of ether oxygens (including phenoxy) is 1. The summed E-state index contributed by atoms with van der Waals surface area (Å²) < 4.78 is 5.86. The molecule has 0 bridgehead atoms. The van der Waals surface area contributed by atoms with Crippen molar-refractivity contribution in [3.8, 4) is 5.75 Å². The van der Waals surface area contributed by atoms with Gasteiger partial charge in [-0.15, -0.1) is 0 Å². The second-order valence-corrected chi connectivity index (χ2v) is 7.88. The van der Waals surface area contributed by atoms with Crippen molar-refractivity contribution in [2.45, 2.75) is 47.5 Å². The Labute approximate surface area is 167 Å². The molecule has 150 valence electrons. The molecule has 0 saturated heterocycles. The Kier molecular flexibility index (Phi) is 7.21. The van der Waals surface area contributed by atoms with E-state index >= 15 is 0 Å². The third-order valence-corrected chi connectivity index (χ3v) is 4.73. The van der Waals surface area contributed by atoms with Gasteiger partial charge in [0.25, 0.3) is 5.91 Å². The summed E-state index contributed by atoms with van der Waals surface area (Å²) in [7, 11) is 0. The lowest BCUT2D eigenvalue weighted by molar-refractivity contribution is -0.130. The van der Waals surface area contributed by atoms with Crippen LogP contribution in [0.3, 0.4) is 0 Å². The SMILES string of the molecule is Cc1cccc(C(=O)NNC(=O)C(C)(C)CCCOc2cc(C)ccc2C)c1. The van der Waals surface area contributed by atoms with Crippen LogP contribution in [0, 0.1) is 26.2 Å². The summed E-state index contributed by atoms with van der Waals surface area (Å²) in [4.78, 5) is 24.6. The summed E-state index contributed by atoms with van der Waals surface area (Å²) in [5.41, 5.74) is 8.17. The minimum Gasteiger partial charge on any atom is -0.493 e. The van der Waals surface area contributed by atoms with E-state index in [1.165, 1.54) is 0 Å². The quantitative estimate of drug-likeness (QED) is 0.555. The molecule has 2 N–H and O–H groups in total. The molecule has 0 aromatic heterocycles. The number of hydrogen-bond acceptors (Lipinski definition) is 3. The fourth-order valence-corrected chi connectivity index (χ4v) is 2.81. The summed E-state index contributed by atoms with van der Waals surface area (Å²) in [6, 6.07) is 13.3. The Balaban J connectivity index is 1.78. The van der Waals surface area contributed by atoms with Crippen molar-refractivity contribution in [1.29, 1.82) is 0 Å². The molecule has 2 amide bonds. The van der Waals surface area contributed by atoms with Crippen molar-refractivity contribution in [2.75, 3.05) is 6.61 Å². The number of hydrazine groups is 1. The van der Waals surface area contributed by atoms with Gasteiger partial charge in [0.15, 0.2) is 0 Å². The van der Waals surface area contributed by atoms with Crippen LogP contribution in [0.2, 0.25) is 0 Å². The number of nitrogens with one attached hydrogen (secondary N) is 2. The molecule has 0 spiro atoms. The van der Waals surface area contributed by atoms with E-state index in [1.807, 2.05) is 58.9 Å². The molecule has 0 unspecified atom stereocenters. The van der Waals surface area contributed by atoms with Gasteiger partial charge in [-0.05, 0) is 62.9 Å². The van der Waals surface area contributed by atoms with E-state index in [9.17, 15) is 9.59 Å². The maximum Gasteiger partial charge on any atom is 0.269 e. The number of benzene rings is 2. The van der Waals surface area contributed by atoms with Crippen LogP contribution in [0.15, 0.2) is 42.5 Å². The fraction of sp³-hybridized carbons (Fsp3) is 0.391. The molecule has 0 heterocycles. The Bertz CT molecular complexity index is 843. The largest absolute Gasteiger partial charge is 0.493 e. The smallest absolute Gasteiger partial charge is 0.269 e. The highest BCUT2D eigenvalue weighted by Crippen LogP contribution is 2.24. The Morgan fingerprint density at radius 2 is 1.68 bits per heavy atom. The highest BCUT2D eigenvalue weighted by molar-refractivity contribution is 5.96. The summed E-state index contributed by atoms with van der Waals surface area (Å²) >= 11 is 0. The molecule has 5 nitrogen and oxygen atoms in total. The molecule has 0 saturated carbocycles. The molecule has 5 heteroatoms. The fourth-order valence-electron chi connectivity index (χ4n) is 2.81. The Morgan fingerprint density at radius 1 is 0.964 bits per heavy atom. The monoisotopic (exact) mass is 382 g/mol. The van der Waals surface area contributed by atoms with Crippen molar-refractivity contribution in [2.24, 2.45) is 5.41 Å². The van der Waals surface area contributed by atoms with Crippen molar-refractivity contribution in [1.82, 2.24) is 10.9 Å². The first-order valence-electron chi connectivity index (χ1n) is 9.56. The molecule has 2 rings (SSSR count). The molecule has 0 fully saturated rings. The van der Waals surface area contributed by atoms with Gasteiger partial charge in [-0.1, -0.05) is 43.7 Å². The van der Waals surface area contributed by atoms with Gasteiger partial charge in [-0.2, -0.15) is 0 Å². The van der Waals surface area contributed by atoms with E-state index in [-0.39, 0.29) is 11.8 Å². The first-order valence-corrected chi connectivity index (χ1v) is 9.56. The number of rotatable bonds is 7. The highest BCUT2D eigenvalue weighted by atomic mass is 16.5.